The van der Waals surface area contributed by atoms with Gasteiger partial charge in [0.25, 0.3) is 0 Å². The lowest BCUT2D eigenvalue weighted by Gasteiger charge is -2.22. The van der Waals surface area contributed by atoms with E-state index in [1.54, 1.807) is 16.6 Å². The van der Waals surface area contributed by atoms with E-state index in [-0.39, 0.29) is 17.8 Å². The van der Waals surface area contributed by atoms with E-state index in [2.05, 4.69) is 25.0 Å². The van der Waals surface area contributed by atoms with Gasteiger partial charge in [-0.05, 0) is 55.5 Å². The number of nitro groups is 1. The summed E-state index contributed by atoms with van der Waals surface area (Å²) in [6.07, 6.45) is 4.87. The van der Waals surface area contributed by atoms with E-state index in [0.29, 0.717) is 23.1 Å². The van der Waals surface area contributed by atoms with Gasteiger partial charge in [-0.1, -0.05) is 0 Å². The second kappa shape index (κ2) is 7.31. The molecular formula is C17H24N5O4P. The van der Waals surface area contributed by atoms with E-state index in [4.69, 9.17) is 4.74 Å². The molecule has 1 amide bonds. The maximum absolute atomic E-state index is 11.9. The Hall–Kier alpha value is -2.41. The quantitative estimate of drug-likeness (QED) is 0.468. The van der Waals surface area contributed by atoms with Crippen LogP contribution in [0.3, 0.4) is 0 Å². The van der Waals surface area contributed by atoms with Gasteiger partial charge in [0.05, 0.1) is 4.92 Å². The number of nitrogens with one attached hydrogen (secondary N) is 2. The van der Waals surface area contributed by atoms with Crippen LogP contribution in [-0.4, -0.2) is 38.0 Å². The van der Waals surface area contributed by atoms with Crippen molar-refractivity contribution >= 4 is 37.9 Å². The Labute approximate surface area is 159 Å². The first-order valence-electron chi connectivity index (χ1n) is 8.79. The molecule has 1 fully saturated rings. The zero-order valence-corrected chi connectivity index (χ0v) is 16.7. The molecule has 146 valence electrons. The van der Waals surface area contributed by atoms with Crippen LogP contribution >= 0.6 is 9.39 Å². The number of alkyl carbamates (subject to hydrolysis) is 1. The van der Waals surface area contributed by atoms with Crippen molar-refractivity contribution in [2.75, 3.05) is 5.32 Å². The first-order chi connectivity index (χ1) is 12.6. The highest BCUT2D eigenvalue weighted by Gasteiger charge is 2.30. The zero-order chi connectivity index (χ0) is 19.8. The summed E-state index contributed by atoms with van der Waals surface area (Å²) in [5.41, 5.74) is 0.514. The average Bonchev–Trinajstić information content (AvgIpc) is 3.13. The second-order valence-electron chi connectivity index (χ2n) is 7.73. The second-order valence-corrected chi connectivity index (χ2v) is 8.29. The van der Waals surface area contributed by atoms with E-state index in [0.717, 1.165) is 12.8 Å². The molecular weight excluding hydrogens is 369 g/mol. The Morgan fingerprint density at radius 3 is 2.78 bits per heavy atom. The zero-order valence-electron chi connectivity index (χ0n) is 15.6. The van der Waals surface area contributed by atoms with Gasteiger partial charge in [-0.25, -0.2) is 9.78 Å². The molecule has 1 aliphatic carbocycles. The number of amides is 1. The van der Waals surface area contributed by atoms with Crippen LogP contribution in [0, 0.1) is 10.1 Å². The summed E-state index contributed by atoms with van der Waals surface area (Å²) in [4.78, 5) is 27.1. The van der Waals surface area contributed by atoms with Gasteiger partial charge in [-0.15, -0.1) is 0 Å². The number of nitrogens with zero attached hydrogens (tertiary/aromatic N) is 3. The largest absolute Gasteiger partial charge is 0.444 e. The number of pyridine rings is 1. The number of hydrogen-bond acceptors (Lipinski definition) is 6. The normalized spacial score (nSPS) is 19.9. The molecule has 3 atom stereocenters. The van der Waals surface area contributed by atoms with E-state index in [1.165, 1.54) is 6.20 Å². The van der Waals surface area contributed by atoms with E-state index in [1.807, 2.05) is 20.8 Å². The number of carbonyl (C=O) groups excluding carboxylic acids is 1. The first-order valence-corrected chi connectivity index (χ1v) is 9.31. The van der Waals surface area contributed by atoms with E-state index < -0.39 is 16.6 Å². The summed E-state index contributed by atoms with van der Waals surface area (Å²) in [6.45, 7) is 5.45. The topological polar surface area (TPSA) is 111 Å². The van der Waals surface area contributed by atoms with Gasteiger partial charge >= 0.3 is 11.8 Å². The van der Waals surface area contributed by atoms with Gasteiger partial charge in [-0.3, -0.25) is 10.1 Å². The molecule has 1 aliphatic rings. The molecule has 3 rings (SSSR count). The van der Waals surface area contributed by atoms with Crippen molar-refractivity contribution in [1.82, 2.24) is 14.6 Å². The first kappa shape index (κ1) is 19.4. The Morgan fingerprint density at radius 2 is 2.11 bits per heavy atom. The van der Waals surface area contributed by atoms with Gasteiger partial charge in [-0.2, -0.15) is 0 Å². The fourth-order valence-corrected chi connectivity index (χ4v) is 3.60. The summed E-state index contributed by atoms with van der Waals surface area (Å²) in [5.74, 6) is 0. The molecule has 2 N–H and O–H groups in total. The summed E-state index contributed by atoms with van der Waals surface area (Å²) < 4.78 is 7.03. The number of carbonyl (C=O) groups is 1. The number of hydrogen-bond donors (Lipinski definition) is 2. The Balaban J connectivity index is 1.72. The number of aromatic nitrogens is 2. The van der Waals surface area contributed by atoms with Crippen LogP contribution in [-0.2, 0) is 4.74 Å². The van der Waals surface area contributed by atoms with Crippen LogP contribution in [0.4, 0.5) is 16.2 Å². The molecule has 27 heavy (non-hydrogen) atoms. The Kier molecular flexibility index (Phi) is 5.24. The third kappa shape index (κ3) is 4.47. The lowest BCUT2D eigenvalue weighted by molar-refractivity contribution is -0.384. The Morgan fingerprint density at radius 1 is 1.41 bits per heavy atom. The minimum absolute atomic E-state index is 0.0158. The van der Waals surface area contributed by atoms with Gasteiger partial charge in [0.15, 0.2) is 0 Å². The summed E-state index contributed by atoms with van der Waals surface area (Å²) in [7, 11) is 2.51. The van der Waals surface area contributed by atoms with Crippen molar-refractivity contribution in [3.05, 3.63) is 28.6 Å². The van der Waals surface area contributed by atoms with Crippen LogP contribution in [0.1, 0.15) is 40.0 Å². The van der Waals surface area contributed by atoms with Crippen LogP contribution in [0.15, 0.2) is 18.5 Å². The molecule has 0 spiro atoms. The highest BCUT2D eigenvalue weighted by molar-refractivity contribution is 7.14. The third-order valence-electron chi connectivity index (χ3n) is 4.42. The summed E-state index contributed by atoms with van der Waals surface area (Å²) in [5, 5.41) is 18.3. The fourth-order valence-electron chi connectivity index (χ4n) is 3.31. The van der Waals surface area contributed by atoms with Crippen molar-refractivity contribution in [3.8, 4) is 0 Å². The van der Waals surface area contributed by atoms with Crippen molar-refractivity contribution in [3.63, 3.8) is 0 Å². The molecule has 9 nitrogen and oxygen atoms in total. The smallest absolute Gasteiger partial charge is 0.407 e. The standard InChI is InChI=1S/C17H24N5O4P/c1-17(2,3)26-16(23)20-11-5-4-10(8-11)19-14-12-6-7-21(27)15(12)18-9-13(14)22(24)25/h6-7,9-11H,4-5,8,27H2,1-3H3,(H,18,19)(H,20,23). The maximum atomic E-state index is 11.9. The van der Waals surface area contributed by atoms with E-state index >= 15 is 0 Å². The number of fused-ring (bicyclic) bond motifs is 1. The summed E-state index contributed by atoms with van der Waals surface area (Å²) >= 11 is 0. The summed E-state index contributed by atoms with van der Waals surface area (Å²) in [6, 6.07) is 1.79. The van der Waals surface area contributed by atoms with E-state index in [9.17, 15) is 14.9 Å². The van der Waals surface area contributed by atoms with Gasteiger partial charge in [0.2, 0.25) is 0 Å². The predicted octanol–water partition coefficient (Wildman–Crippen LogP) is 3.44. The Bertz CT molecular complexity index is 876. The SMILES string of the molecule is CC(C)(C)OC(=O)NC1CCC(Nc2c([N+](=O)[O-])cnc3c2ccn3P)C1. The molecule has 0 aliphatic heterocycles. The molecule has 0 radical (unpaired) electrons. The molecule has 2 heterocycles. The molecule has 0 saturated heterocycles. The molecule has 2 aromatic rings. The molecule has 0 aromatic carbocycles. The lowest BCUT2D eigenvalue weighted by Crippen LogP contribution is -2.38. The highest BCUT2D eigenvalue weighted by atomic mass is 31.0. The minimum atomic E-state index is -0.547. The number of rotatable bonds is 4. The van der Waals surface area contributed by atoms with Crippen LogP contribution in [0.2, 0.25) is 0 Å². The maximum Gasteiger partial charge on any atom is 0.407 e. The molecule has 2 aromatic heterocycles. The lowest BCUT2D eigenvalue weighted by atomic mass is 10.2. The molecule has 3 unspecified atom stereocenters. The van der Waals surface area contributed by atoms with Gasteiger partial charge < -0.3 is 19.7 Å². The van der Waals surface area contributed by atoms with Crippen molar-refractivity contribution < 1.29 is 14.5 Å². The average molecular weight is 393 g/mol. The fraction of sp³-hybridized carbons (Fsp3) is 0.529. The molecule has 1 saturated carbocycles. The van der Waals surface area contributed by atoms with Crippen LogP contribution in [0.25, 0.3) is 11.0 Å². The minimum Gasteiger partial charge on any atom is -0.444 e. The van der Waals surface area contributed by atoms with Crippen molar-refractivity contribution in [1.29, 1.82) is 0 Å². The van der Waals surface area contributed by atoms with Gasteiger partial charge in [0, 0.05) is 23.7 Å². The molecule has 0 bridgehead atoms. The van der Waals surface area contributed by atoms with Crippen LogP contribution < -0.4 is 10.6 Å². The van der Waals surface area contributed by atoms with Gasteiger partial charge in [0.1, 0.15) is 23.1 Å². The third-order valence-corrected chi connectivity index (χ3v) is 4.84. The van der Waals surface area contributed by atoms with Crippen molar-refractivity contribution in [2.45, 2.75) is 57.7 Å². The monoisotopic (exact) mass is 393 g/mol. The number of anilines is 1. The predicted molar refractivity (Wildman–Crippen MR) is 106 cm³/mol. The van der Waals surface area contributed by atoms with Crippen molar-refractivity contribution in [2.24, 2.45) is 0 Å². The number of ether oxygens (including phenoxy) is 1. The molecule has 10 heteroatoms. The highest BCUT2D eigenvalue weighted by Crippen LogP contribution is 2.35. The van der Waals surface area contributed by atoms with Crippen LogP contribution in [0.5, 0.6) is 0 Å².